The zero-order chi connectivity index (χ0) is 23.3. The number of nitrogens with zero attached hydrogens (tertiary/aromatic N) is 1. The Morgan fingerprint density at radius 3 is 2.69 bits per heavy atom. The number of aliphatic hydroxyl groups excluding tert-OH is 1. The highest BCUT2D eigenvalue weighted by atomic mass is 35.5. The lowest BCUT2D eigenvalue weighted by atomic mass is 9.95. The molecular weight excluding hydrogens is 434 g/mol. The average Bonchev–Trinajstić information content (AvgIpc) is 3.06. The van der Waals surface area contributed by atoms with Gasteiger partial charge in [0.1, 0.15) is 23.9 Å². The molecule has 1 aliphatic rings. The van der Waals surface area contributed by atoms with Crippen molar-refractivity contribution < 1.29 is 28.9 Å². The van der Waals surface area contributed by atoms with E-state index in [4.69, 9.17) is 25.8 Å². The van der Waals surface area contributed by atoms with E-state index in [-0.39, 0.29) is 24.5 Å². The van der Waals surface area contributed by atoms with E-state index in [0.29, 0.717) is 34.3 Å². The fourth-order valence-electron chi connectivity index (χ4n) is 3.54. The van der Waals surface area contributed by atoms with Gasteiger partial charge in [0, 0.05) is 19.2 Å². The van der Waals surface area contributed by atoms with E-state index in [1.165, 1.54) is 25.2 Å². The average molecular weight is 458 g/mol. The van der Waals surface area contributed by atoms with Crippen LogP contribution >= 0.6 is 11.6 Å². The SMILES string of the molecule is C=CCOc1cccc(C2/C(=C(/O)c3ccc(Cl)c(OC)c3)C(=O)C(=O)N2CCOC)c1. The van der Waals surface area contributed by atoms with Crippen molar-refractivity contribution in [1.29, 1.82) is 0 Å². The molecule has 0 aromatic heterocycles. The van der Waals surface area contributed by atoms with Gasteiger partial charge in [-0.15, -0.1) is 0 Å². The number of amides is 1. The molecule has 2 aromatic carbocycles. The van der Waals surface area contributed by atoms with Crippen molar-refractivity contribution in [3.05, 3.63) is 76.8 Å². The summed E-state index contributed by atoms with van der Waals surface area (Å²) in [5.74, 6) is -0.934. The Hall–Kier alpha value is -3.29. The normalized spacial score (nSPS) is 17.5. The van der Waals surface area contributed by atoms with E-state index >= 15 is 0 Å². The number of aliphatic hydroxyl groups is 1. The molecular formula is C24H24ClNO6. The summed E-state index contributed by atoms with van der Waals surface area (Å²) in [4.78, 5) is 27.3. The molecule has 1 aliphatic heterocycles. The van der Waals surface area contributed by atoms with Gasteiger partial charge in [0.15, 0.2) is 0 Å². The molecule has 0 saturated carbocycles. The summed E-state index contributed by atoms with van der Waals surface area (Å²) in [7, 11) is 2.96. The second-order valence-electron chi connectivity index (χ2n) is 7.01. The molecule has 0 bridgehead atoms. The summed E-state index contributed by atoms with van der Waals surface area (Å²) >= 11 is 6.09. The number of rotatable bonds is 9. The maximum atomic E-state index is 13.0. The summed E-state index contributed by atoms with van der Waals surface area (Å²) in [6.07, 6.45) is 1.62. The van der Waals surface area contributed by atoms with Crippen LogP contribution in [0.2, 0.25) is 5.02 Å². The Morgan fingerprint density at radius 1 is 1.22 bits per heavy atom. The smallest absolute Gasteiger partial charge is 0.295 e. The first-order valence-corrected chi connectivity index (χ1v) is 10.3. The lowest BCUT2D eigenvalue weighted by Crippen LogP contribution is -2.32. The third-order valence-corrected chi connectivity index (χ3v) is 5.35. The quantitative estimate of drug-likeness (QED) is 0.265. The molecule has 1 atom stereocenters. The summed E-state index contributed by atoms with van der Waals surface area (Å²) in [6.45, 7) is 4.34. The van der Waals surface area contributed by atoms with Crippen LogP contribution in [0.5, 0.6) is 11.5 Å². The fourth-order valence-corrected chi connectivity index (χ4v) is 3.73. The van der Waals surface area contributed by atoms with Gasteiger partial charge in [-0.25, -0.2) is 0 Å². The third-order valence-electron chi connectivity index (χ3n) is 5.04. The van der Waals surface area contributed by atoms with Crippen molar-refractivity contribution >= 4 is 29.1 Å². The predicted octanol–water partition coefficient (Wildman–Crippen LogP) is 3.98. The van der Waals surface area contributed by atoms with Gasteiger partial charge in [0.2, 0.25) is 0 Å². The maximum Gasteiger partial charge on any atom is 0.295 e. The van der Waals surface area contributed by atoms with Gasteiger partial charge in [-0.05, 0) is 35.9 Å². The highest BCUT2D eigenvalue weighted by Crippen LogP contribution is 2.41. The summed E-state index contributed by atoms with van der Waals surface area (Å²) in [6, 6.07) is 10.8. The first-order chi connectivity index (χ1) is 15.4. The van der Waals surface area contributed by atoms with E-state index < -0.39 is 17.7 Å². The number of likely N-dealkylation sites (tertiary alicyclic amines) is 1. The lowest BCUT2D eigenvalue weighted by molar-refractivity contribution is -0.140. The van der Waals surface area contributed by atoms with Crippen molar-refractivity contribution in [1.82, 2.24) is 4.90 Å². The Labute approximate surface area is 191 Å². The van der Waals surface area contributed by atoms with Gasteiger partial charge in [0.25, 0.3) is 11.7 Å². The monoisotopic (exact) mass is 457 g/mol. The zero-order valence-electron chi connectivity index (χ0n) is 17.8. The number of hydrogen-bond acceptors (Lipinski definition) is 6. The van der Waals surface area contributed by atoms with Crippen LogP contribution in [0.1, 0.15) is 17.2 Å². The van der Waals surface area contributed by atoms with E-state index in [1.54, 1.807) is 42.5 Å². The largest absolute Gasteiger partial charge is 0.507 e. The minimum absolute atomic E-state index is 0.0312. The standard InChI is InChI=1S/C24H24ClNO6/c1-4-11-32-17-7-5-6-15(13-17)21-20(23(28)24(29)26(21)10-12-30-2)22(27)16-8-9-18(25)19(14-16)31-3/h4-9,13-14,21,27H,1,10-12H2,2-3H3/b22-20-. The molecule has 0 radical (unpaired) electrons. The van der Waals surface area contributed by atoms with Gasteiger partial charge in [-0.3, -0.25) is 9.59 Å². The number of benzene rings is 2. The van der Waals surface area contributed by atoms with Crippen LogP contribution in [-0.2, 0) is 14.3 Å². The Kier molecular flexibility index (Phi) is 7.56. The van der Waals surface area contributed by atoms with E-state index in [2.05, 4.69) is 6.58 Å². The number of ketones is 1. The van der Waals surface area contributed by atoms with Crippen molar-refractivity contribution in [3.8, 4) is 11.5 Å². The van der Waals surface area contributed by atoms with Crippen LogP contribution < -0.4 is 9.47 Å². The molecule has 2 aromatic rings. The van der Waals surface area contributed by atoms with Gasteiger partial charge in [-0.1, -0.05) is 36.4 Å². The molecule has 1 unspecified atom stereocenters. The number of halogens is 1. The highest BCUT2D eigenvalue weighted by molar-refractivity contribution is 6.46. The van der Waals surface area contributed by atoms with Gasteiger partial charge < -0.3 is 24.2 Å². The Balaban J connectivity index is 2.15. The van der Waals surface area contributed by atoms with Crippen LogP contribution in [0.25, 0.3) is 5.76 Å². The Bertz CT molecular complexity index is 1060. The molecule has 1 heterocycles. The van der Waals surface area contributed by atoms with Crippen molar-refractivity contribution in [2.75, 3.05) is 34.0 Å². The van der Waals surface area contributed by atoms with Crippen LogP contribution in [0.3, 0.4) is 0 Å². The molecule has 1 amide bonds. The number of carbonyl (C=O) groups excluding carboxylic acids is 2. The summed E-state index contributed by atoms with van der Waals surface area (Å²) < 4.78 is 15.9. The third kappa shape index (κ3) is 4.64. The summed E-state index contributed by atoms with van der Waals surface area (Å²) in [5, 5.41) is 11.5. The topological polar surface area (TPSA) is 85.3 Å². The van der Waals surface area contributed by atoms with Gasteiger partial charge >= 0.3 is 0 Å². The van der Waals surface area contributed by atoms with Crippen LogP contribution in [-0.4, -0.2) is 55.7 Å². The Morgan fingerprint density at radius 2 is 2.00 bits per heavy atom. The molecule has 1 saturated heterocycles. The molecule has 7 nitrogen and oxygen atoms in total. The van der Waals surface area contributed by atoms with E-state index in [1.807, 2.05) is 0 Å². The number of Topliss-reactive ketones (excluding diaryl/α,β-unsaturated/α-hetero) is 1. The van der Waals surface area contributed by atoms with Crippen LogP contribution in [0.15, 0.2) is 60.7 Å². The lowest BCUT2D eigenvalue weighted by Gasteiger charge is -2.25. The molecule has 0 aliphatic carbocycles. The molecule has 168 valence electrons. The zero-order valence-corrected chi connectivity index (χ0v) is 18.6. The molecule has 0 spiro atoms. The number of methoxy groups -OCH3 is 2. The second-order valence-corrected chi connectivity index (χ2v) is 7.41. The minimum atomic E-state index is -0.820. The first kappa shape index (κ1) is 23.4. The van der Waals surface area contributed by atoms with Crippen LogP contribution in [0.4, 0.5) is 0 Å². The second kappa shape index (κ2) is 10.3. The van der Waals surface area contributed by atoms with Crippen LogP contribution in [0, 0.1) is 0 Å². The summed E-state index contributed by atoms with van der Waals surface area (Å²) in [5.41, 5.74) is 0.890. The van der Waals surface area contributed by atoms with Gasteiger partial charge in [0.05, 0.1) is 30.4 Å². The highest BCUT2D eigenvalue weighted by Gasteiger charge is 2.46. The molecule has 1 N–H and O–H groups in total. The van der Waals surface area contributed by atoms with Gasteiger partial charge in [-0.2, -0.15) is 0 Å². The van der Waals surface area contributed by atoms with Crippen molar-refractivity contribution in [2.45, 2.75) is 6.04 Å². The van der Waals surface area contributed by atoms with Crippen molar-refractivity contribution in [3.63, 3.8) is 0 Å². The minimum Gasteiger partial charge on any atom is -0.507 e. The molecule has 1 fully saturated rings. The molecule has 3 rings (SSSR count). The molecule has 32 heavy (non-hydrogen) atoms. The number of carbonyl (C=O) groups is 2. The predicted molar refractivity (Wildman–Crippen MR) is 121 cm³/mol. The number of hydrogen-bond donors (Lipinski definition) is 1. The molecule has 8 heteroatoms. The van der Waals surface area contributed by atoms with E-state index in [0.717, 1.165) is 0 Å². The maximum absolute atomic E-state index is 13.0. The van der Waals surface area contributed by atoms with E-state index in [9.17, 15) is 14.7 Å². The van der Waals surface area contributed by atoms with Crippen molar-refractivity contribution in [2.24, 2.45) is 0 Å². The fraction of sp³-hybridized carbons (Fsp3) is 0.250. The first-order valence-electron chi connectivity index (χ1n) is 9.87. The number of ether oxygens (including phenoxy) is 3.